The summed E-state index contributed by atoms with van der Waals surface area (Å²) < 4.78 is 0. The molecule has 2 N–H and O–H groups in total. The molecule has 0 saturated carbocycles. The zero-order chi connectivity index (χ0) is 14.9. The summed E-state index contributed by atoms with van der Waals surface area (Å²) in [7, 11) is 1.73. The van der Waals surface area contributed by atoms with Crippen LogP contribution in [0.5, 0.6) is 0 Å². The fourth-order valence-corrected chi connectivity index (χ4v) is 2.35. The lowest BCUT2D eigenvalue weighted by atomic mass is 10.1. The quantitative estimate of drug-likeness (QED) is 0.854. The van der Waals surface area contributed by atoms with Gasteiger partial charge in [-0.3, -0.25) is 4.79 Å². The van der Waals surface area contributed by atoms with E-state index < -0.39 is 0 Å². The Bertz CT molecular complexity index is 647. The van der Waals surface area contributed by atoms with Crippen LogP contribution in [0.15, 0.2) is 36.4 Å². The molecule has 2 aromatic rings. The van der Waals surface area contributed by atoms with E-state index in [0.717, 1.165) is 16.8 Å². The lowest BCUT2D eigenvalue weighted by Crippen LogP contribution is -2.26. The summed E-state index contributed by atoms with van der Waals surface area (Å²) in [5.74, 6) is -0.174. The molecule has 0 heterocycles. The zero-order valence-corrected chi connectivity index (χ0v) is 12.5. The third kappa shape index (κ3) is 2.94. The second kappa shape index (κ2) is 5.55. The molecule has 0 spiro atoms. The number of benzene rings is 2. The number of rotatable bonds is 2. The minimum absolute atomic E-state index is 0.174. The summed E-state index contributed by atoms with van der Waals surface area (Å²) in [6.07, 6.45) is 0. The highest BCUT2D eigenvalue weighted by molar-refractivity contribution is 6.34. The third-order valence-electron chi connectivity index (χ3n) is 3.12. The minimum atomic E-state index is -0.174. The van der Waals surface area contributed by atoms with Crippen molar-refractivity contribution in [3.05, 3.63) is 58.1 Å². The van der Waals surface area contributed by atoms with E-state index in [1.165, 1.54) is 0 Å². The number of nitrogens with two attached hydrogens (primary N) is 1. The van der Waals surface area contributed by atoms with Crippen molar-refractivity contribution < 1.29 is 4.79 Å². The van der Waals surface area contributed by atoms with Gasteiger partial charge in [0.15, 0.2) is 0 Å². The molecule has 0 aliphatic heterocycles. The number of amides is 1. The molecule has 0 aliphatic carbocycles. The van der Waals surface area contributed by atoms with Crippen molar-refractivity contribution in [2.75, 3.05) is 17.7 Å². The molecule has 2 aromatic carbocycles. The van der Waals surface area contributed by atoms with Gasteiger partial charge in [0.05, 0.1) is 10.6 Å². The van der Waals surface area contributed by atoms with Crippen LogP contribution < -0.4 is 10.6 Å². The number of carbonyl (C=O) groups is 1. The van der Waals surface area contributed by atoms with E-state index in [0.29, 0.717) is 16.3 Å². The van der Waals surface area contributed by atoms with Crippen LogP contribution in [0, 0.1) is 13.8 Å². The van der Waals surface area contributed by atoms with Crippen molar-refractivity contribution in [1.82, 2.24) is 0 Å². The lowest BCUT2D eigenvalue weighted by Gasteiger charge is -2.19. The van der Waals surface area contributed by atoms with E-state index in [1.807, 2.05) is 26.0 Å². The molecule has 2 rings (SSSR count). The summed E-state index contributed by atoms with van der Waals surface area (Å²) in [6, 6.07) is 10.9. The van der Waals surface area contributed by atoms with Gasteiger partial charge in [-0.2, -0.15) is 0 Å². The topological polar surface area (TPSA) is 46.3 Å². The van der Waals surface area contributed by atoms with E-state index in [1.54, 1.807) is 30.1 Å². The molecule has 0 atom stereocenters. The van der Waals surface area contributed by atoms with Gasteiger partial charge in [-0.1, -0.05) is 17.7 Å². The molecule has 104 valence electrons. The number of halogens is 1. The van der Waals surface area contributed by atoms with Gasteiger partial charge in [-0.15, -0.1) is 0 Å². The maximum Gasteiger partial charge on any atom is 0.259 e. The van der Waals surface area contributed by atoms with Crippen LogP contribution in [0.3, 0.4) is 0 Å². The van der Waals surface area contributed by atoms with Crippen molar-refractivity contribution >= 4 is 28.9 Å². The van der Waals surface area contributed by atoms with Gasteiger partial charge in [0.2, 0.25) is 0 Å². The maximum absolute atomic E-state index is 12.5. The van der Waals surface area contributed by atoms with Crippen molar-refractivity contribution in [1.29, 1.82) is 0 Å². The Balaban J connectivity index is 2.39. The fourth-order valence-electron chi connectivity index (χ4n) is 2.15. The highest BCUT2D eigenvalue weighted by Gasteiger charge is 2.17. The Morgan fingerprint density at radius 2 is 1.70 bits per heavy atom. The first kappa shape index (κ1) is 14.4. The average molecular weight is 289 g/mol. The van der Waals surface area contributed by atoms with Crippen LogP contribution in [0.1, 0.15) is 21.5 Å². The number of carbonyl (C=O) groups excluding carboxylic acids is 1. The Labute approximate surface area is 124 Å². The molecule has 0 aromatic heterocycles. The van der Waals surface area contributed by atoms with Crippen molar-refractivity contribution in [2.24, 2.45) is 0 Å². The number of anilines is 2. The van der Waals surface area contributed by atoms with Gasteiger partial charge in [0.1, 0.15) is 0 Å². The smallest absolute Gasteiger partial charge is 0.259 e. The summed E-state index contributed by atoms with van der Waals surface area (Å²) >= 11 is 6.08. The third-order valence-corrected chi connectivity index (χ3v) is 3.45. The Morgan fingerprint density at radius 3 is 2.30 bits per heavy atom. The molecular weight excluding hydrogens is 272 g/mol. The number of nitrogen functional groups attached to an aromatic ring is 1. The number of aryl methyl sites for hydroxylation is 2. The summed E-state index contributed by atoms with van der Waals surface area (Å²) in [5, 5.41) is 0.403. The normalized spacial score (nSPS) is 10.4. The number of hydrogen-bond acceptors (Lipinski definition) is 2. The molecule has 0 aliphatic rings. The Hall–Kier alpha value is -2.00. The molecule has 0 radical (unpaired) electrons. The molecule has 4 heteroatoms. The van der Waals surface area contributed by atoms with E-state index in [2.05, 4.69) is 6.07 Å². The predicted molar refractivity (Wildman–Crippen MR) is 84.5 cm³/mol. The summed E-state index contributed by atoms with van der Waals surface area (Å²) in [6.45, 7) is 4.00. The standard InChI is InChI=1S/C16H17ClN2O/c1-10-6-11(2)8-13(7-10)19(3)16(20)14-9-12(18)4-5-15(14)17/h4-9H,18H2,1-3H3. The Morgan fingerprint density at radius 1 is 1.10 bits per heavy atom. The molecular formula is C16H17ClN2O. The summed E-state index contributed by atoms with van der Waals surface area (Å²) in [5.41, 5.74) is 9.71. The van der Waals surface area contributed by atoms with Gasteiger partial charge in [0.25, 0.3) is 5.91 Å². The largest absolute Gasteiger partial charge is 0.399 e. The predicted octanol–water partition coefficient (Wildman–Crippen LogP) is 3.82. The molecule has 3 nitrogen and oxygen atoms in total. The molecule has 0 unspecified atom stereocenters. The zero-order valence-electron chi connectivity index (χ0n) is 11.8. The molecule has 1 amide bonds. The Kier molecular flexibility index (Phi) is 4.00. The second-order valence-corrected chi connectivity index (χ2v) is 5.36. The minimum Gasteiger partial charge on any atom is -0.399 e. The molecule has 0 saturated heterocycles. The van der Waals surface area contributed by atoms with E-state index in [4.69, 9.17) is 17.3 Å². The highest BCUT2D eigenvalue weighted by atomic mass is 35.5. The van der Waals surface area contributed by atoms with Crippen LogP contribution in [-0.2, 0) is 0 Å². The first-order valence-corrected chi connectivity index (χ1v) is 6.67. The SMILES string of the molecule is Cc1cc(C)cc(N(C)C(=O)c2cc(N)ccc2Cl)c1. The highest BCUT2D eigenvalue weighted by Crippen LogP contribution is 2.24. The average Bonchev–Trinajstić information content (AvgIpc) is 2.38. The lowest BCUT2D eigenvalue weighted by molar-refractivity contribution is 0.0993. The van der Waals surface area contributed by atoms with E-state index >= 15 is 0 Å². The summed E-state index contributed by atoms with van der Waals surface area (Å²) in [4.78, 5) is 14.1. The first-order chi connectivity index (χ1) is 9.38. The molecule has 0 bridgehead atoms. The van der Waals surface area contributed by atoms with E-state index in [-0.39, 0.29) is 5.91 Å². The van der Waals surface area contributed by atoms with Gasteiger partial charge in [-0.05, 0) is 55.3 Å². The molecule has 0 fully saturated rings. The van der Waals surface area contributed by atoms with Gasteiger partial charge >= 0.3 is 0 Å². The van der Waals surface area contributed by atoms with Crippen LogP contribution in [-0.4, -0.2) is 13.0 Å². The first-order valence-electron chi connectivity index (χ1n) is 6.30. The maximum atomic E-state index is 12.5. The van der Waals surface area contributed by atoms with Crippen molar-refractivity contribution in [3.8, 4) is 0 Å². The van der Waals surface area contributed by atoms with Crippen LogP contribution in [0.2, 0.25) is 5.02 Å². The fraction of sp³-hybridized carbons (Fsp3) is 0.188. The molecule has 20 heavy (non-hydrogen) atoms. The second-order valence-electron chi connectivity index (χ2n) is 4.95. The van der Waals surface area contributed by atoms with Crippen LogP contribution in [0.4, 0.5) is 11.4 Å². The van der Waals surface area contributed by atoms with Gasteiger partial charge < -0.3 is 10.6 Å². The van der Waals surface area contributed by atoms with Crippen molar-refractivity contribution in [3.63, 3.8) is 0 Å². The van der Waals surface area contributed by atoms with Crippen molar-refractivity contribution in [2.45, 2.75) is 13.8 Å². The van der Waals surface area contributed by atoms with Gasteiger partial charge in [-0.25, -0.2) is 0 Å². The van der Waals surface area contributed by atoms with E-state index in [9.17, 15) is 4.79 Å². The number of hydrogen-bond donors (Lipinski definition) is 1. The van der Waals surface area contributed by atoms with Crippen LogP contribution in [0.25, 0.3) is 0 Å². The van der Waals surface area contributed by atoms with Crippen LogP contribution >= 0.6 is 11.6 Å². The van der Waals surface area contributed by atoms with Gasteiger partial charge in [0, 0.05) is 18.4 Å². The monoisotopic (exact) mass is 288 g/mol. The number of nitrogens with zero attached hydrogens (tertiary/aromatic N) is 1.